The van der Waals surface area contributed by atoms with Crippen molar-refractivity contribution >= 4 is 12.0 Å². The van der Waals surface area contributed by atoms with E-state index in [1.54, 1.807) is 4.90 Å². The van der Waals surface area contributed by atoms with Crippen LogP contribution in [-0.4, -0.2) is 53.3 Å². The van der Waals surface area contributed by atoms with E-state index >= 15 is 0 Å². The molecule has 1 aliphatic carbocycles. The quantitative estimate of drug-likeness (QED) is 0.807. The smallest absolute Gasteiger partial charge is 0.329 e. The van der Waals surface area contributed by atoms with Gasteiger partial charge in [0.1, 0.15) is 5.54 Å². The molecule has 6 nitrogen and oxygen atoms in total. The summed E-state index contributed by atoms with van der Waals surface area (Å²) in [5, 5.41) is 12.1. The van der Waals surface area contributed by atoms with Crippen LogP contribution in [0.15, 0.2) is 0 Å². The van der Waals surface area contributed by atoms with Crippen molar-refractivity contribution in [2.24, 2.45) is 0 Å². The predicted molar refractivity (Wildman–Crippen MR) is 69.0 cm³/mol. The maximum atomic E-state index is 12.2. The van der Waals surface area contributed by atoms with Gasteiger partial charge in [-0.15, -0.1) is 0 Å². The lowest BCUT2D eigenvalue weighted by Crippen LogP contribution is -2.58. The fraction of sp³-hybridized carbons (Fsp3) is 0.846. The lowest BCUT2D eigenvalue weighted by Gasteiger charge is -2.35. The molecule has 0 aromatic carbocycles. The Morgan fingerprint density at radius 1 is 1.42 bits per heavy atom. The number of carboxylic acid groups (broad SMARTS) is 1. The number of morpholine rings is 1. The Morgan fingerprint density at radius 2 is 2.11 bits per heavy atom. The van der Waals surface area contributed by atoms with Crippen LogP contribution in [-0.2, 0) is 9.53 Å². The second kappa shape index (κ2) is 5.77. The van der Waals surface area contributed by atoms with Crippen LogP contribution in [0.4, 0.5) is 4.79 Å². The maximum Gasteiger partial charge on any atom is 0.329 e. The summed E-state index contributed by atoms with van der Waals surface area (Å²) in [5.41, 5.74) is -1.06. The van der Waals surface area contributed by atoms with Gasteiger partial charge in [-0.05, 0) is 19.3 Å². The monoisotopic (exact) mass is 270 g/mol. The molecule has 1 saturated heterocycles. The number of rotatable bonds is 3. The highest BCUT2D eigenvalue weighted by molar-refractivity contribution is 5.86. The topological polar surface area (TPSA) is 78.9 Å². The standard InChI is InChI=1S/C13H22N2O4/c1-2-10-9-15(7-8-19-10)12(18)14-13(11(16)17)5-3-4-6-13/h10H,2-9H2,1H3,(H,14,18)(H,16,17). The van der Waals surface area contributed by atoms with Gasteiger partial charge in [-0.3, -0.25) is 0 Å². The molecule has 108 valence electrons. The first kappa shape index (κ1) is 14.1. The van der Waals surface area contributed by atoms with E-state index in [1.165, 1.54) is 0 Å². The molecule has 19 heavy (non-hydrogen) atoms. The molecule has 0 radical (unpaired) electrons. The predicted octanol–water partition coefficient (Wildman–Crippen LogP) is 1.20. The molecule has 1 atom stereocenters. The number of aliphatic carboxylic acids is 1. The second-order valence-corrected chi connectivity index (χ2v) is 5.37. The molecule has 2 rings (SSSR count). The first-order valence-electron chi connectivity index (χ1n) is 6.99. The van der Waals surface area contributed by atoms with E-state index in [9.17, 15) is 14.7 Å². The third-order valence-corrected chi connectivity index (χ3v) is 4.09. The summed E-state index contributed by atoms with van der Waals surface area (Å²) < 4.78 is 5.51. The molecule has 0 spiro atoms. The Kier molecular flexibility index (Phi) is 4.29. The first-order chi connectivity index (χ1) is 9.07. The molecule has 6 heteroatoms. The lowest BCUT2D eigenvalue weighted by molar-refractivity contribution is -0.144. The fourth-order valence-corrected chi connectivity index (χ4v) is 2.81. The van der Waals surface area contributed by atoms with Gasteiger partial charge < -0.3 is 20.1 Å². The molecular weight excluding hydrogens is 248 g/mol. The number of nitrogens with zero attached hydrogens (tertiary/aromatic N) is 1. The summed E-state index contributed by atoms with van der Waals surface area (Å²) in [6.45, 7) is 3.60. The van der Waals surface area contributed by atoms with E-state index in [-0.39, 0.29) is 12.1 Å². The minimum Gasteiger partial charge on any atom is -0.480 e. The minimum absolute atomic E-state index is 0.0591. The van der Waals surface area contributed by atoms with E-state index < -0.39 is 11.5 Å². The van der Waals surface area contributed by atoms with Gasteiger partial charge in [0, 0.05) is 13.1 Å². The zero-order valence-electron chi connectivity index (χ0n) is 11.4. The van der Waals surface area contributed by atoms with Crippen LogP contribution < -0.4 is 5.32 Å². The van der Waals surface area contributed by atoms with Crippen molar-refractivity contribution in [1.82, 2.24) is 10.2 Å². The molecule has 2 N–H and O–H groups in total. The molecule has 0 aromatic rings. The van der Waals surface area contributed by atoms with Crippen molar-refractivity contribution < 1.29 is 19.4 Å². The van der Waals surface area contributed by atoms with E-state index in [0.717, 1.165) is 19.3 Å². The number of amides is 2. The van der Waals surface area contributed by atoms with Crippen molar-refractivity contribution in [1.29, 1.82) is 0 Å². The molecule has 2 aliphatic rings. The SMILES string of the molecule is CCC1CN(C(=O)NC2(C(=O)O)CCCC2)CCO1. The molecule has 2 amide bonds. The number of hydrogen-bond donors (Lipinski definition) is 2. The molecular formula is C13H22N2O4. The van der Waals surface area contributed by atoms with Crippen molar-refractivity contribution in [3.8, 4) is 0 Å². The molecule has 2 fully saturated rings. The van der Waals surface area contributed by atoms with Crippen LogP contribution in [0.2, 0.25) is 0 Å². The van der Waals surface area contributed by atoms with Gasteiger partial charge in [-0.25, -0.2) is 9.59 Å². The van der Waals surface area contributed by atoms with Gasteiger partial charge in [0.25, 0.3) is 0 Å². The minimum atomic E-state index is -1.06. The van der Waals surface area contributed by atoms with Crippen molar-refractivity contribution in [2.45, 2.75) is 50.7 Å². The van der Waals surface area contributed by atoms with Crippen LogP contribution in [0.25, 0.3) is 0 Å². The van der Waals surface area contributed by atoms with Gasteiger partial charge >= 0.3 is 12.0 Å². The molecule has 1 saturated carbocycles. The zero-order valence-corrected chi connectivity index (χ0v) is 11.4. The summed E-state index contributed by atoms with van der Waals surface area (Å²) in [6.07, 6.45) is 3.67. The lowest BCUT2D eigenvalue weighted by atomic mass is 9.98. The van der Waals surface area contributed by atoms with Crippen LogP contribution >= 0.6 is 0 Å². The third-order valence-electron chi connectivity index (χ3n) is 4.09. The largest absolute Gasteiger partial charge is 0.480 e. The fourth-order valence-electron chi connectivity index (χ4n) is 2.81. The number of carboxylic acids is 1. The third kappa shape index (κ3) is 3.00. The highest BCUT2D eigenvalue weighted by Crippen LogP contribution is 2.30. The van der Waals surface area contributed by atoms with E-state index in [1.807, 2.05) is 6.92 Å². The number of hydrogen-bond acceptors (Lipinski definition) is 3. The van der Waals surface area contributed by atoms with Crippen LogP contribution in [0.1, 0.15) is 39.0 Å². The van der Waals surface area contributed by atoms with E-state index in [2.05, 4.69) is 5.32 Å². The van der Waals surface area contributed by atoms with E-state index in [4.69, 9.17) is 4.74 Å². The Morgan fingerprint density at radius 3 is 2.68 bits per heavy atom. The average Bonchev–Trinajstić information content (AvgIpc) is 2.88. The normalized spacial score (nSPS) is 26.2. The zero-order chi connectivity index (χ0) is 13.9. The van der Waals surface area contributed by atoms with Crippen molar-refractivity contribution in [2.75, 3.05) is 19.7 Å². The Labute approximate surface area is 113 Å². The van der Waals surface area contributed by atoms with Crippen LogP contribution in [0.3, 0.4) is 0 Å². The molecule has 1 aliphatic heterocycles. The number of carbonyl (C=O) groups is 2. The number of urea groups is 1. The van der Waals surface area contributed by atoms with Crippen molar-refractivity contribution in [3.63, 3.8) is 0 Å². The Balaban J connectivity index is 1.97. The highest BCUT2D eigenvalue weighted by atomic mass is 16.5. The molecule has 0 bridgehead atoms. The van der Waals surface area contributed by atoms with Crippen molar-refractivity contribution in [3.05, 3.63) is 0 Å². The molecule has 1 heterocycles. The number of carbonyl (C=O) groups excluding carboxylic acids is 1. The van der Waals surface area contributed by atoms with Gasteiger partial charge in [0.2, 0.25) is 0 Å². The molecule has 1 unspecified atom stereocenters. The average molecular weight is 270 g/mol. The number of ether oxygens (including phenoxy) is 1. The van der Waals surface area contributed by atoms with E-state index in [0.29, 0.717) is 32.5 Å². The first-order valence-corrected chi connectivity index (χ1v) is 6.99. The van der Waals surface area contributed by atoms with Crippen LogP contribution in [0.5, 0.6) is 0 Å². The van der Waals surface area contributed by atoms with Gasteiger partial charge in [-0.1, -0.05) is 19.8 Å². The summed E-state index contributed by atoms with van der Waals surface area (Å²) in [5.74, 6) is -0.918. The second-order valence-electron chi connectivity index (χ2n) is 5.37. The van der Waals surface area contributed by atoms with Gasteiger partial charge in [-0.2, -0.15) is 0 Å². The van der Waals surface area contributed by atoms with Gasteiger partial charge in [0.15, 0.2) is 0 Å². The summed E-state index contributed by atoms with van der Waals surface area (Å²) in [4.78, 5) is 25.3. The Bertz CT molecular complexity index is 353. The summed E-state index contributed by atoms with van der Waals surface area (Å²) in [7, 11) is 0. The number of nitrogens with one attached hydrogen (secondary N) is 1. The van der Waals surface area contributed by atoms with Gasteiger partial charge in [0.05, 0.1) is 12.7 Å². The highest BCUT2D eigenvalue weighted by Gasteiger charge is 2.43. The summed E-state index contributed by atoms with van der Waals surface area (Å²) in [6, 6.07) is -0.272. The Hall–Kier alpha value is -1.30. The maximum absolute atomic E-state index is 12.2. The summed E-state index contributed by atoms with van der Waals surface area (Å²) >= 11 is 0. The van der Waals surface area contributed by atoms with Crippen LogP contribution in [0, 0.1) is 0 Å². The molecule has 0 aromatic heterocycles.